The third-order valence-corrected chi connectivity index (χ3v) is 5.26. The summed E-state index contributed by atoms with van der Waals surface area (Å²) in [5.41, 5.74) is 14.0. The van der Waals surface area contributed by atoms with Gasteiger partial charge < -0.3 is 21.9 Å². The van der Waals surface area contributed by atoms with Crippen LogP contribution in [0.2, 0.25) is 0 Å². The van der Waals surface area contributed by atoms with Crippen molar-refractivity contribution >= 4 is 34.9 Å². The first-order valence-electron chi connectivity index (χ1n) is 8.71. The van der Waals surface area contributed by atoms with Gasteiger partial charge in [0.25, 0.3) is 0 Å². The van der Waals surface area contributed by atoms with E-state index in [4.69, 9.17) is 11.5 Å². The van der Waals surface area contributed by atoms with Crippen LogP contribution in [-0.4, -0.2) is 21.2 Å². The quantitative estimate of drug-likeness (QED) is 0.476. The monoisotopic (exact) mass is 405 g/mol. The number of nitriles is 1. The van der Waals surface area contributed by atoms with E-state index in [-0.39, 0.29) is 28.7 Å². The number of thioether (sulfide) groups is 1. The Bertz CT molecular complexity index is 1100. The van der Waals surface area contributed by atoms with E-state index < -0.39 is 5.25 Å². The van der Waals surface area contributed by atoms with Gasteiger partial charge in [0.05, 0.1) is 16.5 Å². The minimum absolute atomic E-state index is 0.0333. The molecule has 1 aromatic heterocycles. The van der Waals surface area contributed by atoms with E-state index in [1.807, 2.05) is 18.2 Å². The summed E-state index contributed by atoms with van der Waals surface area (Å²) in [6.07, 6.45) is 0. The van der Waals surface area contributed by atoms with Gasteiger partial charge in [-0.3, -0.25) is 4.79 Å². The van der Waals surface area contributed by atoms with Gasteiger partial charge >= 0.3 is 0 Å². The molecule has 0 aliphatic heterocycles. The maximum Gasteiger partial charge on any atom is 0.237 e. The maximum atomic E-state index is 12.5. The van der Waals surface area contributed by atoms with Crippen LogP contribution in [0.1, 0.15) is 12.5 Å². The number of aromatic nitrogens is 1. The van der Waals surface area contributed by atoms with Gasteiger partial charge in [-0.15, -0.1) is 0 Å². The molecule has 0 saturated heterocycles. The second-order valence-corrected chi connectivity index (χ2v) is 7.57. The third-order valence-electron chi connectivity index (χ3n) is 4.18. The second-order valence-electron chi connectivity index (χ2n) is 6.24. The van der Waals surface area contributed by atoms with Crippen molar-refractivity contribution < 1.29 is 9.90 Å². The minimum Gasteiger partial charge on any atom is -0.508 e. The summed E-state index contributed by atoms with van der Waals surface area (Å²) in [6, 6.07) is 17.6. The fourth-order valence-electron chi connectivity index (χ4n) is 2.73. The van der Waals surface area contributed by atoms with Crippen LogP contribution in [0.25, 0.3) is 11.1 Å². The number of nitrogen functional groups attached to an aromatic ring is 2. The number of nitrogens with one attached hydrogen (secondary N) is 1. The zero-order valence-electron chi connectivity index (χ0n) is 15.6. The van der Waals surface area contributed by atoms with Gasteiger partial charge in [0.1, 0.15) is 22.7 Å². The van der Waals surface area contributed by atoms with Crippen molar-refractivity contribution in [3.05, 3.63) is 60.2 Å². The summed E-state index contributed by atoms with van der Waals surface area (Å²) >= 11 is 1.11. The Kier molecular flexibility index (Phi) is 5.90. The van der Waals surface area contributed by atoms with Crippen molar-refractivity contribution in [1.82, 2.24) is 4.98 Å². The summed E-state index contributed by atoms with van der Waals surface area (Å²) in [6.45, 7) is 1.71. The molecule has 0 bridgehead atoms. The summed E-state index contributed by atoms with van der Waals surface area (Å²) in [7, 11) is 0. The van der Waals surface area contributed by atoms with Crippen molar-refractivity contribution in [3.63, 3.8) is 0 Å². The molecule has 146 valence electrons. The predicted molar refractivity (Wildman–Crippen MR) is 115 cm³/mol. The fourth-order valence-corrected chi connectivity index (χ4v) is 3.65. The number of benzene rings is 2. The van der Waals surface area contributed by atoms with Gasteiger partial charge in [-0.1, -0.05) is 42.1 Å². The molecule has 3 rings (SSSR count). The third kappa shape index (κ3) is 4.42. The average Bonchev–Trinajstić information content (AvgIpc) is 2.71. The van der Waals surface area contributed by atoms with Gasteiger partial charge in [0, 0.05) is 11.3 Å². The van der Waals surface area contributed by atoms with Gasteiger partial charge in [-0.2, -0.15) is 5.26 Å². The van der Waals surface area contributed by atoms with Crippen LogP contribution in [0.5, 0.6) is 5.75 Å². The van der Waals surface area contributed by atoms with Crippen molar-refractivity contribution in [2.24, 2.45) is 0 Å². The molecule has 1 amide bonds. The van der Waals surface area contributed by atoms with E-state index in [9.17, 15) is 15.2 Å². The highest BCUT2D eigenvalue weighted by molar-refractivity contribution is 8.00. The number of hydrogen-bond acceptors (Lipinski definition) is 7. The lowest BCUT2D eigenvalue weighted by Crippen LogP contribution is -2.22. The number of nitrogens with zero attached hydrogens (tertiary/aromatic N) is 2. The number of anilines is 3. The van der Waals surface area contributed by atoms with E-state index in [0.717, 1.165) is 11.8 Å². The van der Waals surface area contributed by atoms with Crippen molar-refractivity contribution in [2.45, 2.75) is 17.2 Å². The van der Waals surface area contributed by atoms with E-state index in [0.29, 0.717) is 21.8 Å². The van der Waals surface area contributed by atoms with Crippen LogP contribution < -0.4 is 16.8 Å². The zero-order chi connectivity index (χ0) is 21.0. The first kappa shape index (κ1) is 20.0. The summed E-state index contributed by atoms with van der Waals surface area (Å²) < 4.78 is 0. The topological polar surface area (TPSA) is 138 Å². The highest BCUT2D eigenvalue weighted by atomic mass is 32.2. The van der Waals surface area contributed by atoms with Gasteiger partial charge in [0.15, 0.2) is 0 Å². The SMILES string of the molecule is CC(Sc1nc(N)c(N)c(-c2cccc(O)c2)c1C#N)C(=O)Nc1ccccc1. The van der Waals surface area contributed by atoms with Crippen molar-refractivity contribution in [3.8, 4) is 22.9 Å². The second kappa shape index (κ2) is 8.54. The number of para-hydroxylation sites is 1. The number of rotatable bonds is 5. The Morgan fingerprint density at radius 1 is 1.21 bits per heavy atom. The van der Waals surface area contributed by atoms with E-state index in [1.165, 1.54) is 12.1 Å². The lowest BCUT2D eigenvalue weighted by Gasteiger charge is -2.16. The molecule has 8 heteroatoms. The number of carbonyl (C=O) groups excluding carboxylic acids is 1. The highest BCUT2D eigenvalue weighted by Crippen LogP contribution is 2.39. The minimum atomic E-state index is -0.546. The van der Waals surface area contributed by atoms with Crippen LogP contribution in [0.4, 0.5) is 17.2 Å². The van der Waals surface area contributed by atoms with Crippen LogP contribution in [0.3, 0.4) is 0 Å². The molecule has 6 N–H and O–H groups in total. The Labute approximate surface area is 172 Å². The smallest absolute Gasteiger partial charge is 0.237 e. The van der Waals surface area contributed by atoms with Crippen molar-refractivity contribution in [2.75, 3.05) is 16.8 Å². The Balaban J connectivity index is 1.95. The maximum absolute atomic E-state index is 12.5. The number of phenols is 1. The molecular formula is C21H19N5O2S. The van der Waals surface area contributed by atoms with Crippen LogP contribution in [0, 0.1) is 11.3 Å². The van der Waals surface area contributed by atoms with E-state index in [1.54, 1.807) is 31.2 Å². The van der Waals surface area contributed by atoms with Gasteiger partial charge in [-0.25, -0.2) is 4.98 Å². The normalized spacial score (nSPS) is 11.4. The van der Waals surface area contributed by atoms with Crippen LogP contribution in [-0.2, 0) is 4.79 Å². The molecule has 7 nitrogen and oxygen atoms in total. The largest absolute Gasteiger partial charge is 0.508 e. The number of phenolic OH excluding ortho intramolecular Hbond substituents is 1. The molecule has 0 saturated carbocycles. The molecule has 3 aromatic rings. The number of pyridine rings is 1. The summed E-state index contributed by atoms with van der Waals surface area (Å²) in [5.74, 6) is -0.146. The summed E-state index contributed by atoms with van der Waals surface area (Å²) in [5, 5.41) is 22.1. The molecular weight excluding hydrogens is 386 g/mol. The molecule has 0 aliphatic carbocycles. The Hall–Kier alpha value is -3.70. The first-order valence-corrected chi connectivity index (χ1v) is 9.59. The van der Waals surface area contributed by atoms with Crippen molar-refractivity contribution in [1.29, 1.82) is 5.26 Å². The number of nitrogens with two attached hydrogens (primary N) is 2. The molecule has 2 aromatic carbocycles. The highest BCUT2D eigenvalue weighted by Gasteiger charge is 2.23. The molecule has 1 unspecified atom stereocenters. The number of hydrogen-bond donors (Lipinski definition) is 4. The molecule has 0 fully saturated rings. The molecule has 0 spiro atoms. The fraction of sp³-hybridized carbons (Fsp3) is 0.0952. The van der Waals surface area contributed by atoms with Crippen LogP contribution in [0.15, 0.2) is 59.6 Å². The first-order chi connectivity index (χ1) is 13.9. The molecule has 0 radical (unpaired) electrons. The molecule has 1 atom stereocenters. The standard InChI is InChI=1S/C21H19N5O2S/c1-12(20(28)25-14-7-3-2-4-8-14)29-21-16(11-22)17(18(23)19(24)26-21)13-6-5-9-15(27)10-13/h2-10,12,27H,23H2,1H3,(H2,24,26)(H,25,28). The number of aromatic hydroxyl groups is 1. The van der Waals surface area contributed by atoms with Gasteiger partial charge in [-0.05, 0) is 36.8 Å². The number of carbonyl (C=O) groups is 1. The van der Waals surface area contributed by atoms with Gasteiger partial charge in [0.2, 0.25) is 5.91 Å². The summed E-state index contributed by atoms with van der Waals surface area (Å²) in [4.78, 5) is 16.8. The lowest BCUT2D eigenvalue weighted by atomic mass is 10.00. The average molecular weight is 405 g/mol. The van der Waals surface area contributed by atoms with Crippen LogP contribution >= 0.6 is 11.8 Å². The lowest BCUT2D eigenvalue weighted by molar-refractivity contribution is -0.115. The molecule has 1 heterocycles. The Morgan fingerprint density at radius 3 is 2.59 bits per heavy atom. The zero-order valence-corrected chi connectivity index (χ0v) is 16.4. The molecule has 0 aliphatic rings. The molecule has 29 heavy (non-hydrogen) atoms. The number of amides is 1. The van der Waals surface area contributed by atoms with E-state index in [2.05, 4.69) is 16.4 Å². The Morgan fingerprint density at radius 2 is 1.93 bits per heavy atom. The van der Waals surface area contributed by atoms with E-state index >= 15 is 0 Å². The predicted octanol–water partition coefficient (Wildman–Crippen LogP) is 3.61.